The summed E-state index contributed by atoms with van der Waals surface area (Å²) in [6, 6.07) is 32.7. The molecule has 0 spiro atoms. The fourth-order valence-electron chi connectivity index (χ4n) is 9.64. The lowest BCUT2D eigenvalue weighted by molar-refractivity contribution is -0.171. The van der Waals surface area contributed by atoms with E-state index in [-0.39, 0.29) is 52.9 Å². The van der Waals surface area contributed by atoms with Gasteiger partial charge in [0, 0.05) is 48.8 Å². The maximum absolute atomic E-state index is 12.8. The molecule has 6 aromatic rings. The van der Waals surface area contributed by atoms with Crippen LogP contribution >= 0.6 is 0 Å². The minimum Gasteiger partial charge on any atom is -0.481 e. The van der Waals surface area contributed by atoms with Gasteiger partial charge in [0.15, 0.2) is 16.6 Å². The number of rotatable bonds is 28. The predicted molar refractivity (Wildman–Crippen MR) is 359 cm³/mol. The molecule has 2 amide bonds. The molecule has 2 unspecified atom stereocenters. The Bertz CT molecular complexity index is 3100. The van der Waals surface area contributed by atoms with Crippen LogP contribution in [0, 0.1) is 0 Å². The van der Waals surface area contributed by atoms with Crippen LogP contribution in [0.4, 0.5) is 0 Å². The van der Waals surface area contributed by atoms with Gasteiger partial charge in [0.1, 0.15) is 5.78 Å². The molecule has 1 aliphatic rings. The normalized spacial score (nSPS) is 13.5. The van der Waals surface area contributed by atoms with Gasteiger partial charge < -0.3 is 29.9 Å². The number of aromatic nitrogens is 2. The van der Waals surface area contributed by atoms with Crippen LogP contribution in [0.5, 0.6) is 0 Å². The molecule has 14 nitrogen and oxygen atoms in total. The first-order chi connectivity index (χ1) is 41.2. The van der Waals surface area contributed by atoms with Crippen molar-refractivity contribution >= 4 is 62.0 Å². The smallest absolute Gasteiger partial charge is 0.307 e. The minimum absolute atomic E-state index is 0.0167. The van der Waals surface area contributed by atoms with Gasteiger partial charge in [-0.1, -0.05) is 185 Å². The van der Waals surface area contributed by atoms with Crippen molar-refractivity contribution in [3.8, 4) is 22.3 Å². The number of carboxylic acids is 1. The zero-order valence-electron chi connectivity index (χ0n) is 54.6. The number of Topliss-reactive ketones (excluding diaryl/α,β-unsaturated/α-hetero) is 1. The average Bonchev–Trinajstić information content (AvgIpc) is 1.72. The highest BCUT2D eigenvalue weighted by Gasteiger charge is 2.41. The zero-order valence-corrected chi connectivity index (χ0v) is 56.6. The van der Waals surface area contributed by atoms with Crippen LogP contribution in [0.3, 0.4) is 0 Å². The van der Waals surface area contributed by atoms with Crippen molar-refractivity contribution < 1.29 is 48.6 Å². The second kappa shape index (κ2) is 36.0. The molecular weight excluding hydrogens is 1120 g/mol. The van der Waals surface area contributed by atoms with Crippen molar-refractivity contribution in [3.63, 3.8) is 0 Å². The summed E-state index contributed by atoms with van der Waals surface area (Å²) >= 11 is 0. The van der Waals surface area contributed by atoms with E-state index in [1.165, 1.54) is 50.5 Å². The highest BCUT2D eigenvalue weighted by molar-refractivity contribution is 6.74. The van der Waals surface area contributed by atoms with Crippen LogP contribution in [-0.2, 0) is 53.7 Å². The fraction of sp³-hybridized carbons (Fsp3) is 0.521. The number of carbonyl (C=O) groups is 4. The zero-order chi connectivity index (χ0) is 64.4. The monoisotopic (exact) mass is 1230 g/mol. The van der Waals surface area contributed by atoms with Gasteiger partial charge in [-0.25, -0.2) is 0 Å². The Morgan fingerprint density at radius 3 is 1.56 bits per heavy atom. The van der Waals surface area contributed by atoms with E-state index in [9.17, 15) is 29.4 Å². The van der Waals surface area contributed by atoms with E-state index >= 15 is 0 Å². The number of benzene rings is 4. The minimum atomic E-state index is -1.99. The van der Waals surface area contributed by atoms with Crippen LogP contribution in [0.1, 0.15) is 168 Å². The van der Waals surface area contributed by atoms with Crippen LogP contribution < -0.4 is 5.73 Å². The van der Waals surface area contributed by atoms with Crippen LogP contribution in [-0.4, -0.2) is 108 Å². The van der Waals surface area contributed by atoms with E-state index in [1.807, 2.05) is 60.8 Å². The van der Waals surface area contributed by atoms with Gasteiger partial charge in [0.25, 0.3) is 11.8 Å². The Labute approximate surface area is 521 Å². The van der Waals surface area contributed by atoms with Gasteiger partial charge in [-0.2, -0.15) is 5.06 Å². The molecule has 0 aliphatic carbocycles. The number of unbranched alkanes of at least 4 members (excludes halogenated alkanes) is 7. The van der Waals surface area contributed by atoms with E-state index in [0.717, 1.165) is 93.0 Å². The van der Waals surface area contributed by atoms with Crippen molar-refractivity contribution in [2.24, 2.45) is 5.73 Å². The van der Waals surface area contributed by atoms with E-state index < -0.39 is 40.5 Å². The fourth-order valence-corrected chi connectivity index (χ4v) is 12.1. The summed E-state index contributed by atoms with van der Waals surface area (Å²) in [5.41, 5.74) is 15.1. The number of ketones is 1. The Kier molecular flexibility index (Phi) is 30.5. The Hall–Kier alpha value is -5.83. The number of hydroxylamine groups is 2. The van der Waals surface area contributed by atoms with Crippen molar-refractivity contribution in [1.82, 2.24) is 15.0 Å². The van der Waals surface area contributed by atoms with Crippen molar-refractivity contribution in [1.29, 1.82) is 0 Å². The largest absolute Gasteiger partial charge is 0.481 e. The Balaban J connectivity index is 0.000000304. The molecular formula is C71H104N4O10Si2. The molecule has 2 aromatic heterocycles. The number of carboxylic acid groups (broad SMARTS) is 1. The van der Waals surface area contributed by atoms with Crippen molar-refractivity contribution in [2.75, 3.05) is 19.8 Å². The Morgan fingerprint density at radius 1 is 0.644 bits per heavy atom. The molecule has 87 heavy (non-hydrogen) atoms. The highest BCUT2D eigenvalue weighted by atomic mass is 28.4. The second-order valence-electron chi connectivity index (χ2n) is 26.1. The number of nitrogens with two attached hydrogens (primary N) is 1. The number of aryl methyl sites for hydroxylation is 2. The number of aliphatic hydroxyl groups is 2. The summed E-state index contributed by atoms with van der Waals surface area (Å²) in [5.74, 6) is -1.60. The average molecular weight is 1230 g/mol. The SMILES string of the molecule is CC(C)(C)[Si](C)(C)OCC(CCc1cccc(-c2c(CC(=O)O)cnc3ccccc23)c1)O[Si](C)(C)C(C)(C)C.CCCCCCCC(=O)Cc1cnc2ccccc2c1-c1cccc(CCC(O)CO)c1.CCCCCCN.O=C1CCC(=O)N1O. The number of aliphatic hydroxyl groups excluding tert-OH is 2. The van der Waals surface area contributed by atoms with Gasteiger partial charge in [0.2, 0.25) is 0 Å². The molecule has 16 heteroatoms. The summed E-state index contributed by atoms with van der Waals surface area (Å²) < 4.78 is 13.6. The molecule has 4 aromatic carbocycles. The van der Waals surface area contributed by atoms with E-state index in [4.69, 9.17) is 24.9 Å². The van der Waals surface area contributed by atoms with Crippen LogP contribution in [0.15, 0.2) is 109 Å². The number of hydrogen-bond acceptors (Lipinski definition) is 12. The lowest BCUT2D eigenvalue weighted by atomic mass is 9.91. The number of hydrogen-bond donors (Lipinski definition) is 5. The summed E-state index contributed by atoms with van der Waals surface area (Å²) in [6.07, 6.45) is 17.9. The number of fused-ring (bicyclic) bond motifs is 2. The van der Waals surface area contributed by atoms with Gasteiger partial charge >= 0.3 is 5.97 Å². The lowest BCUT2D eigenvalue weighted by Gasteiger charge is -2.41. The first kappa shape index (κ1) is 73.6. The molecule has 1 aliphatic heterocycles. The summed E-state index contributed by atoms with van der Waals surface area (Å²) in [5, 5.41) is 39.2. The molecule has 7 rings (SSSR count). The number of amides is 2. The van der Waals surface area contributed by atoms with E-state index in [1.54, 1.807) is 6.20 Å². The highest BCUT2D eigenvalue weighted by Crippen LogP contribution is 2.40. The topological polar surface area (TPSA) is 223 Å². The third-order valence-corrected chi connectivity index (χ3v) is 26.0. The van der Waals surface area contributed by atoms with E-state index in [0.29, 0.717) is 32.3 Å². The van der Waals surface area contributed by atoms with Crippen molar-refractivity contribution in [3.05, 3.63) is 132 Å². The maximum atomic E-state index is 12.8. The third kappa shape index (κ3) is 23.9. The molecule has 3 heterocycles. The third-order valence-electron chi connectivity index (χ3n) is 16.9. The Morgan fingerprint density at radius 2 is 1.11 bits per heavy atom. The molecule has 1 fully saturated rings. The molecule has 476 valence electrons. The van der Waals surface area contributed by atoms with Gasteiger partial charge in [-0.15, -0.1) is 0 Å². The number of nitrogens with zero attached hydrogens (tertiary/aromatic N) is 3. The predicted octanol–water partition coefficient (Wildman–Crippen LogP) is 15.6. The lowest BCUT2D eigenvalue weighted by Crippen LogP contribution is -2.48. The number of pyridine rings is 2. The quantitative estimate of drug-likeness (QED) is 0.0134. The van der Waals surface area contributed by atoms with E-state index in [2.05, 4.69) is 134 Å². The molecule has 0 saturated carbocycles. The summed E-state index contributed by atoms with van der Waals surface area (Å²) in [7, 11) is -3.91. The van der Waals surface area contributed by atoms with Gasteiger partial charge in [-0.3, -0.25) is 34.4 Å². The summed E-state index contributed by atoms with van der Waals surface area (Å²) in [4.78, 5) is 54.1. The van der Waals surface area contributed by atoms with Crippen LogP contribution in [0.2, 0.25) is 36.3 Å². The summed E-state index contributed by atoms with van der Waals surface area (Å²) in [6.45, 7) is 28.5. The second-order valence-corrected chi connectivity index (χ2v) is 35.7. The number of imide groups is 1. The van der Waals surface area contributed by atoms with Gasteiger partial charge in [-0.05, 0) is 138 Å². The molecule has 0 bridgehead atoms. The first-order valence-electron chi connectivity index (χ1n) is 31.7. The maximum Gasteiger partial charge on any atom is 0.307 e. The van der Waals surface area contributed by atoms with Crippen molar-refractivity contribution in [2.45, 2.75) is 219 Å². The number of aliphatic carboxylic acids is 1. The molecule has 2 atom stereocenters. The molecule has 0 radical (unpaired) electrons. The van der Waals surface area contributed by atoms with Gasteiger partial charge in [0.05, 0.1) is 42.9 Å². The standard InChI is InChI=1S/C33H49NO4Si2.C28H35NO3.C6H15N.C4H5NO3/c1-32(2,3)39(7,8)37-23-27(38-40(9,10)33(4,5)6)19-18-24-14-13-15-25(20-24)31-26(21-30(35)36)22-34-29-17-12-11-16-28(29)31;1-2-3-4-5-6-12-24(31)18-23-19-29-27-14-8-7-13-26(27)28(23)22-11-9-10-21(17-22)15-16-25(32)20-30;1-2-3-4-5-6-7;6-3-1-2-4(7)5(3)8/h11-17,20,22,27H,18-19,21,23H2,1-10H3,(H,35,36);7-11,13-14,17,19,25,30,32H,2-6,12,15-16,18,20H2,1H3;2-7H2,1H3;8H,1-2H2. The number of para-hydroxylation sites is 2. The molecule has 1 saturated heterocycles. The number of carbonyl (C=O) groups excluding carboxylic acids is 3. The first-order valence-corrected chi connectivity index (χ1v) is 37.5. The molecule has 6 N–H and O–H groups in total. The van der Waals surface area contributed by atoms with Crippen LogP contribution in [0.25, 0.3) is 44.1 Å².